The van der Waals surface area contributed by atoms with E-state index in [2.05, 4.69) is 15.0 Å². The minimum absolute atomic E-state index is 0.0693. The number of ether oxygens (including phenoxy) is 1. The first-order valence-corrected chi connectivity index (χ1v) is 7.49. The number of hydrogen-bond donors (Lipinski definition) is 2. The number of rotatable bonds is 5. The number of H-pyrrole nitrogens is 1. The molecule has 0 unspecified atom stereocenters. The predicted octanol–water partition coefficient (Wildman–Crippen LogP) is 2.43. The molecule has 128 valence electrons. The summed E-state index contributed by atoms with van der Waals surface area (Å²) >= 11 is 0. The molecule has 25 heavy (non-hydrogen) atoms. The molecular weight excluding hydrogens is 324 g/mol. The first-order chi connectivity index (χ1) is 11.9. The van der Waals surface area contributed by atoms with Crippen LogP contribution in [0.25, 0.3) is 10.9 Å². The van der Waals surface area contributed by atoms with Crippen molar-refractivity contribution >= 4 is 22.8 Å². The first kappa shape index (κ1) is 16.4. The Morgan fingerprint density at radius 3 is 2.80 bits per heavy atom. The van der Waals surface area contributed by atoms with E-state index in [9.17, 15) is 14.7 Å². The molecule has 0 aliphatic rings. The maximum atomic E-state index is 11.3. The summed E-state index contributed by atoms with van der Waals surface area (Å²) in [4.78, 5) is 35.1. The van der Waals surface area contributed by atoms with Crippen LogP contribution in [0.15, 0.2) is 36.8 Å². The van der Waals surface area contributed by atoms with Gasteiger partial charge in [-0.1, -0.05) is 0 Å². The molecule has 0 fully saturated rings. The number of nitrogens with zero attached hydrogens (tertiary/aromatic N) is 3. The summed E-state index contributed by atoms with van der Waals surface area (Å²) in [6.45, 7) is 1.82. The number of carbonyl (C=O) groups excluding carboxylic acids is 1. The van der Waals surface area contributed by atoms with Crippen LogP contribution in [0.3, 0.4) is 0 Å². The van der Waals surface area contributed by atoms with Gasteiger partial charge in [-0.3, -0.25) is 4.79 Å². The van der Waals surface area contributed by atoms with Gasteiger partial charge in [0.15, 0.2) is 0 Å². The molecule has 0 aliphatic carbocycles. The summed E-state index contributed by atoms with van der Waals surface area (Å²) in [7, 11) is 1.68. The van der Waals surface area contributed by atoms with E-state index in [1.807, 2.05) is 0 Å². The maximum absolute atomic E-state index is 11.3. The Hall–Kier alpha value is -3.42. The van der Waals surface area contributed by atoms with Gasteiger partial charge in [0, 0.05) is 37.1 Å². The summed E-state index contributed by atoms with van der Waals surface area (Å²) < 4.78 is 5.71. The van der Waals surface area contributed by atoms with Crippen molar-refractivity contribution in [3.05, 3.63) is 48.0 Å². The van der Waals surface area contributed by atoms with E-state index in [0.717, 1.165) is 0 Å². The lowest BCUT2D eigenvalue weighted by Gasteiger charge is -2.14. The van der Waals surface area contributed by atoms with Crippen molar-refractivity contribution in [2.24, 2.45) is 0 Å². The lowest BCUT2D eigenvalue weighted by molar-refractivity contribution is -0.128. The smallest absolute Gasteiger partial charge is 0.337 e. The molecule has 0 saturated carbocycles. The zero-order chi connectivity index (χ0) is 18.0. The van der Waals surface area contributed by atoms with Crippen LogP contribution >= 0.6 is 0 Å². The molecule has 1 amide bonds. The summed E-state index contributed by atoms with van der Waals surface area (Å²) in [6, 6.07) is 6.73. The third-order valence-corrected chi connectivity index (χ3v) is 3.74. The number of nitrogens with one attached hydrogen (secondary N) is 1. The van der Waals surface area contributed by atoms with Crippen LogP contribution in [-0.4, -0.2) is 43.9 Å². The third kappa shape index (κ3) is 3.57. The minimum Gasteiger partial charge on any atom is -0.478 e. The number of aromatic nitrogens is 3. The summed E-state index contributed by atoms with van der Waals surface area (Å²) in [5.74, 6) is -0.312. The molecular formula is C17H16N4O4. The number of benzene rings is 1. The van der Waals surface area contributed by atoms with E-state index in [1.165, 1.54) is 24.3 Å². The van der Waals surface area contributed by atoms with Gasteiger partial charge < -0.3 is 19.7 Å². The topological polar surface area (TPSA) is 108 Å². The van der Waals surface area contributed by atoms with Crippen LogP contribution in [0.5, 0.6) is 11.6 Å². The average Bonchev–Trinajstić information content (AvgIpc) is 2.98. The molecule has 2 N–H and O–H groups in total. The number of carboxylic acid groups (broad SMARTS) is 1. The van der Waals surface area contributed by atoms with E-state index in [1.54, 1.807) is 31.3 Å². The van der Waals surface area contributed by atoms with Gasteiger partial charge in [0.05, 0.1) is 17.8 Å². The average molecular weight is 340 g/mol. The van der Waals surface area contributed by atoms with Crippen LogP contribution < -0.4 is 4.74 Å². The lowest BCUT2D eigenvalue weighted by atomic mass is 10.1. The Balaban J connectivity index is 1.84. The molecule has 8 heteroatoms. The fourth-order valence-electron chi connectivity index (χ4n) is 2.33. The largest absolute Gasteiger partial charge is 0.478 e. The molecule has 1 aromatic carbocycles. The van der Waals surface area contributed by atoms with Gasteiger partial charge in [0.1, 0.15) is 12.1 Å². The van der Waals surface area contributed by atoms with Gasteiger partial charge in [0.2, 0.25) is 11.8 Å². The van der Waals surface area contributed by atoms with Gasteiger partial charge in [-0.25, -0.2) is 14.8 Å². The number of aromatic carboxylic acids is 1. The van der Waals surface area contributed by atoms with Crippen molar-refractivity contribution in [3.8, 4) is 11.6 Å². The second-order valence-electron chi connectivity index (χ2n) is 5.54. The number of amides is 1. The fourth-order valence-corrected chi connectivity index (χ4v) is 2.33. The van der Waals surface area contributed by atoms with Gasteiger partial charge >= 0.3 is 5.97 Å². The van der Waals surface area contributed by atoms with Crippen molar-refractivity contribution in [2.45, 2.75) is 13.5 Å². The van der Waals surface area contributed by atoms with Gasteiger partial charge in [-0.05, 0) is 18.2 Å². The zero-order valence-electron chi connectivity index (χ0n) is 13.7. The van der Waals surface area contributed by atoms with Crippen LogP contribution in [0, 0.1) is 0 Å². The van der Waals surface area contributed by atoms with Crippen LogP contribution in [0.1, 0.15) is 23.0 Å². The Kier molecular flexibility index (Phi) is 4.34. The van der Waals surface area contributed by atoms with E-state index < -0.39 is 5.97 Å². The summed E-state index contributed by atoms with van der Waals surface area (Å²) in [5, 5.41) is 9.76. The van der Waals surface area contributed by atoms with Crippen LogP contribution in [0.4, 0.5) is 0 Å². The number of hydrogen-bond acceptors (Lipinski definition) is 5. The molecule has 8 nitrogen and oxygen atoms in total. The standard InChI is InChI=1S/C17H16N4O4/c1-10(22)21(2)8-11-5-16(20-9-19-11)25-12-3-4-15-13(6-12)14(7-18-15)17(23)24/h3-7,9,18H,8H2,1-2H3,(H,23,24). The fraction of sp³-hybridized carbons (Fsp3) is 0.176. The van der Waals surface area contributed by atoms with Gasteiger partial charge in [0.25, 0.3) is 0 Å². The maximum Gasteiger partial charge on any atom is 0.337 e. The number of aromatic amines is 1. The summed E-state index contributed by atoms with van der Waals surface area (Å²) in [5.41, 5.74) is 1.51. The van der Waals surface area contributed by atoms with E-state index in [4.69, 9.17) is 4.74 Å². The molecule has 0 atom stereocenters. The Morgan fingerprint density at radius 1 is 1.28 bits per heavy atom. The van der Waals surface area contributed by atoms with E-state index in [-0.39, 0.29) is 11.5 Å². The van der Waals surface area contributed by atoms with E-state index in [0.29, 0.717) is 34.8 Å². The number of carbonyl (C=O) groups is 2. The zero-order valence-corrected chi connectivity index (χ0v) is 13.7. The monoisotopic (exact) mass is 340 g/mol. The van der Waals surface area contributed by atoms with Crippen LogP contribution in [0.2, 0.25) is 0 Å². The lowest BCUT2D eigenvalue weighted by Crippen LogP contribution is -2.23. The summed E-state index contributed by atoms with van der Waals surface area (Å²) in [6.07, 6.45) is 2.80. The number of fused-ring (bicyclic) bond motifs is 1. The third-order valence-electron chi connectivity index (χ3n) is 3.74. The highest BCUT2D eigenvalue weighted by Gasteiger charge is 2.12. The molecule has 0 saturated heterocycles. The van der Waals surface area contributed by atoms with Gasteiger partial charge in [-0.15, -0.1) is 0 Å². The highest BCUT2D eigenvalue weighted by molar-refractivity contribution is 6.03. The Labute approximate surface area is 143 Å². The quantitative estimate of drug-likeness (QED) is 0.738. The van der Waals surface area contributed by atoms with Gasteiger partial charge in [-0.2, -0.15) is 0 Å². The molecule has 0 bridgehead atoms. The van der Waals surface area contributed by atoms with Crippen molar-refractivity contribution in [1.29, 1.82) is 0 Å². The first-order valence-electron chi connectivity index (χ1n) is 7.49. The molecule has 3 rings (SSSR count). The van der Waals surface area contributed by atoms with Crippen LogP contribution in [-0.2, 0) is 11.3 Å². The highest BCUT2D eigenvalue weighted by atomic mass is 16.5. The highest BCUT2D eigenvalue weighted by Crippen LogP contribution is 2.26. The second kappa shape index (κ2) is 6.60. The van der Waals surface area contributed by atoms with Crippen molar-refractivity contribution in [2.75, 3.05) is 7.05 Å². The normalized spacial score (nSPS) is 10.6. The number of carboxylic acids is 1. The molecule has 2 heterocycles. The molecule has 2 aromatic heterocycles. The molecule has 0 spiro atoms. The SMILES string of the molecule is CC(=O)N(C)Cc1cc(Oc2ccc3[nH]cc(C(=O)O)c3c2)ncn1. The Bertz CT molecular complexity index is 951. The Morgan fingerprint density at radius 2 is 2.08 bits per heavy atom. The van der Waals surface area contributed by atoms with Crippen molar-refractivity contribution in [3.63, 3.8) is 0 Å². The molecule has 0 aliphatic heterocycles. The molecule has 3 aromatic rings. The molecule has 0 radical (unpaired) electrons. The van der Waals surface area contributed by atoms with E-state index >= 15 is 0 Å². The second-order valence-corrected chi connectivity index (χ2v) is 5.54. The predicted molar refractivity (Wildman–Crippen MR) is 89.5 cm³/mol. The van der Waals surface area contributed by atoms with Crippen molar-refractivity contribution in [1.82, 2.24) is 19.9 Å². The minimum atomic E-state index is -1.01. The van der Waals surface area contributed by atoms with Crippen molar-refractivity contribution < 1.29 is 19.4 Å².